The summed E-state index contributed by atoms with van der Waals surface area (Å²) >= 11 is 0. The molecular weight excluding hydrogens is 304 g/mol. The third-order valence-corrected chi connectivity index (χ3v) is 4.49. The van der Waals surface area contributed by atoms with E-state index in [1.165, 1.54) is 5.56 Å². The lowest BCUT2D eigenvalue weighted by Crippen LogP contribution is -2.38. The fourth-order valence-electron chi connectivity index (χ4n) is 2.73. The Balaban J connectivity index is 1.61. The normalized spacial score (nSPS) is 15.2. The van der Waals surface area contributed by atoms with Gasteiger partial charge in [0.05, 0.1) is 13.2 Å². The Hall–Kier alpha value is -1.72. The Labute approximate surface area is 144 Å². The van der Waals surface area contributed by atoms with E-state index in [9.17, 15) is 9.59 Å². The highest BCUT2D eigenvalue weighted by molar-refractivity contribution is 5.98. The molecule has 1 N–H and O–H groups in total. The van der Waals surface area contributed by atoms with E-state index in [1.54, 1.807) is 0 Å². The maximum atomic E-state index is 12.2. The summed E-state index contributed by atoms with van der Waals surface area (Å²) in [5.74, 6) is -0.0178. The van der Waals surface area contributed by atoms with Gasteiger partial charge in [0, 0.05) is 38.0 Å². The zero-order valence-corrected chi connectivity index (χ0v) is 14.8. The lowest BCUT2D eigenvalue weighted by atomic mass is 10.0. The molecule has 0 atom stereocenters. The van der Waals surface area contributed by atoms with Crippen molar-refractivity contribution in [2.75, 3.05) is 39.4 Å². The van der Waals surface area contributed by atoms with Crippen molar-refractivity contribution in [1.82, 2.24) is 10.2 Å². The summed E-state index contributed by atoms with van der Waals surface area (Å²) in [6.07, 6.45) is 1.44. The van der Waals surface area contributed by atoms with Crippen LogP contribution in [0.3, 0.4) is 0 Å². The van der Waals surface area contributed by atoms with Crippen LogP contribution in [-0.4, -0.2) is 56.0 Å². The van der Waals surface area contributed by atoms with Gasteiger partial charge in [0.25, 0.3) is 0 Å². The highest BCUT2D eigenvalue weighted by Crippen LogP contribution is 2.12. The molecule has 2 rings (SSSR count). The minimum absolute atomic E-state index is 0.0292. The van der Waals surface area contributed by atoms with E-state index in [4.69, 9.17) is 4.74 Å². The molecule has 1 heterocycles. The number of nitrogens with one attached hydrogen (secondary N) is 1. The molecule has 0 aliphatic carbocycles. The molecule has 0 spiro atoms. The molecular formula is C19H28N2O3. The van der Waals surface area contributed by atoms with Gasteiger partial charge in [-0.2, -0.15) is 0 Å². The molecule has 0 saturated carbocycles. The Morgan fingerprint density at radius 2 is 1.88 bits per heavy atom. The molecule has 1 aromatic carbocycles. The van der Waals surface area contributed by atoms with Gasteiger partial charge < -0.3 is 10.1 Å². The Bertz CT molecular complexity index is 566. The number of morpholine rings is 1. The smallest absolute Gasteiger partial charge is 0.220 e. The third kappa shape index (κ3) is 6.06. The lowest BCUT2D eigenvalue weighted by Gasteiger charge is -2.26. The number of rotatable bonds is 8. The number of nitrogens with zero attached hydrogens (tertiary/aromatic N) is 1. The molecule has 1 fully saturated rings. The average molecular weight is 332 g/mol. The number of benzene rings is 1. The number of ether oxygens (including phenoxy) is 1. The van der Waals surface area contributed by atoms with Crippen molar-refractivity contribution in [1.29, 1.82) is 0 Å². The Morgan fingerprint density at radius 3 is 2.58 bits per heavy atom. The lowest BCUT2D eigenvalue weighted by molar-refractivity contribution is -0.121. The molecule has 0 bridgehead atoms. The van der Waals surface area contributed by atoms with Crippen LogP contribution in [0.1, 0.15) is 40.7 Å². The first-order valence-electron chi connectivity index (χ1n) is 8.73. The first-order chi connectivity index (χ1) is 11.6. The molecule has 5 heteroatoms. The molecule has 1 aromatic rings. The minimum atomic E-state index is -0.0471. The molecule has 0 radical (unpaired) electrons. The summed E-state index contributed by atoms with van der Waals surface area (Å²) in [5.41, 5.74) is 2.97. The molecule has 0 unspecified atom stereocenters. The predicted octanol–water partition coefficient (Wildman–Crippen LogP) is 2.10. The van der Waals surface area contributed by atoms with Crippen molar-refractivity contribution < 1.29 is 14.3 Å². The van der Waals surface area contributed by atoms with E-state index in [-0.39, 0.29) is 24.5 Å². The van der Waals surface area contributed by atoms with Gasteiger partial charge >= 0.3 is 0 Å². The van der Waals surface area contributed by atoms with Gasteiger partial charge in [0.15, 0.2) is 5.78 Å². The monoisotopic (exact) mass is 332 g/mol. The van der Waals surface area contributed by atoms with Crippen molar-refractivity contribution in [2.45, 2.75) is 33.1 Å². The van der Waals surface area contributed by atoms with Gasteiger partial charge in [0.2, 0.25) is 5.91 Å². The van der Waals surface area contributed by atoms with Crippen LogP contribution >= 0.6 is 0 Å². The van der Waals surface area contributed by atoms with Gasteiger partial charge in [-0.1, -0.05) is 12.1 Å². The average Bonchev–Trinajstić information content (AvgIpc) is 2.60. The van der Waals surface area contributed by atoms with Gasteiger partial charge in [-0.25, -0.2) is 0 Å². The molecule has 0 aromatic heterocycles. The fourth-order valence-corrected chi connectivity index (χ4v) is 2.73. The Morgan fingerprint density at radius 1 is 1.12 bits per heavy atom. The molecule has 24 heavy (non-hydrogen) atoms. The highest BCUT2D eigenvalue weighted by Gasteiger charge is 2.11. The third-order valence-electron chi connectivity index (χ3n) is 4.49. The van der Waals surface area contributed by atoms with Crippen LogP contribution in [0.2, 0.25) is 0 Å². The number of ketones is 1. The van der Waals surface area contributed by atoms with Crippen LogP contribution in [0.15, 0.2) is 18.2 Å². The zero-order chi connectivity index (χ0) is 17.4. The van der Waals surface area contributed by atoms with E-state index in [0.717, 1.165) is 44.8 Å². The summed E-state index contributed by atoms with van der Waals surface area (Å²) in [6, 6.07) is 5.69. The van der Waals surface area contributed by atoms with Gasteiger partial charge in [-0.3, -0.25) is 14.5 Å². The summed E-state index contributed by atoms with van der Waals surface area (Å²) in [7, 11) is 0. The van der Waals surface area contributed by atoms with Crippen LogP contribution < -0.4 is 5.32 Å². The van der Waals surface area contributed by atoms with E-state index >= 15 is 0 Å². The van der Waals surface area contributed by atoms with E-state index in [2.05, 4.69) is 10.2 Å². The van der Waals surface area contributed by atoms with E-state index < -0.39 is 0 Å². The second-order valence-corrected chi connectivity index (χ2v) is 6.38. The van der Waals surface area contributed by atoms with Crippen molar-refractivity contribution in [3.8, 4) is 0 Å². The number of amides is 1. The number of Topliss-reactive ketones (excluding diaryl/α,β-unsaturated/α-hetero) is 1. The van der Waals surface area contributed by atoms with Crippen molar-refractivity contribution in [2.24, 2.45) is 0 Å². The topological polar surface area (TPSA) is 58.6 Å². The second-order valence-electron chi connectivity index (χ2n) is 6.38. The minimum Gasteiger partial charge on any atom is -0.379 e. The summed E-state index contributed by atoms with van der Waals surface area (Å²) < 4.78 is 5.31. The van der Waals surface area contributed by atoms with Gasteiger partial charge in [0.1, 0.15) is 0 Å². The SMILES string of the molecule is Cc1ccc(C(=O)CCC(=O)NCCCN2CCOCC2)cc1C. The number of carbonyl (C=O) groups is 2. The summed E-state index contributed by atoms with van der Waals surface area (Å²) in [5, 5.41) is 2.90. The van der Waals surface area contributed by atoms with Crippen LogP contribution in [0.4, 0.5) is 0 Å². The van der Waals surface area contributed by atoms with Crippen LogP contribution in [0.25, 0.3) is 0 Å². The molecule has 1 aliphatic rings. The number of hydrogen-bond acceptors (Lipinski definition) is 4. The standard InChI is InChI=1S/C19H28N2O3/c1-15-4-5-17(14-16(15)2)18(22)6-7-19(23)20-8-3-9-21-10-12-24-13-11-21/h4-5,14H,3,6-13H2,1-2H3,(H,20,23). The molecule has 1 aliphatic heterocycles. The zero-order valence-electron chi connectivity index (χ0n) is 14.8. The number of carbonyl (C=O) groups excluding carboxylic acids is 2. The maximum absolute atomic E-state index is 12.2. The summed E-state index contributed by atoms with van der Waals surface area (Å²) in [4.78, 5) is 26.4. The summed E-state index contributed by atoms with van der Waals surface area (Å²) in [6.45, 7) is 9.19. The fraction of sp³-hybridized carbons (Fsp3) is 0.579. The van der Waals surface area contributed by atoms with Crippen molar-refractivity contribution in [3.05, 3.63) is 34.9 Å². The highest BCUT2D eigenvalue weighted by atomic mass is 16.5. The van der Waals surface area contributed by atoms with Crippen LogP contribution in [-0.2, 0) is 9.53 Å². The first kappa shape index (κ1) is 18.6. The Kier molecular flexibility index (Phi) is 7.40. The van der Waals surface area contributed by atoms with Crippen LogP contribution in [0.5, 0.6) is 0 Å². The van der Waals surface area contributed by atoms with Crippen molar-refractivity contribution in [3.63, 3.8) is 0 Å². The quantitative estimate of drug-likeness (QED) is 0.585. The number of aryl methyl sites for hydroxylation is 2. The molecule has 5 nitrogen and oxygen atoms in total. The largest absolute Gasteiger partial charge is 0.379 e. The molecule has 132 valence electrons. The maximum Gasteiger partial charge on any atom is 0.220 e. The van der Waals surface area contributed by atoms with E-state index in [0.29, 0.717) is 12.1 Å². The van der Waals surface area contributed by atoms with Crippen molar-refractivity contribution >= 4 is 11.7 Å². The van der Waals surface area contributed by atoms with E-state index in [1.807, 2.05) is 32.0 Å². The van der Waals surface area contributed by atoms with Crippen LogP contribution in [0, 0.1) is 13.8 Å². The first-order valence-corrected chi connectivity index (χ1v) is 8.73. The molecule has 1 saturated heterocycles. The number of hydrogen-bond donors (Lipinski definition) is 1. The molecule has 1 amide bonds. The van der Waals surface area contributed by atoms with Gasteiger partial charge in [-0.05, 0) is 44.0 Å². The predicted molar refractivity (Wildman–Crippen MR) is 94.4 cm³/mol. The second kappa shape index (κ2) is 9.55. The van der Waals surface area contributed by atoms with Gasteiger partial charge in [-0.15, -0.1) is 0 Å².